The molecule has 0 atom stereocenters. The van der Waals surface area contributed by atoms with Crippen molar-refractivity contribution in [3.63, 3.8) is 0 Å². The molecule has 0 spiro atoms. The average Bonchev–Trinajstić information content (AvgIpc) is 3.44. The molecular formula is C22H24N2O4. The van der Waals surface area contributed by atoms with Gasteiger partial charge in [0.15, 0.2) is 11.5 Å². The zero-order valence-corrected chi connectivity index (χ0v) is 16.0. The van der Waals surface area contributed by atoms with Crippen LogP contribution in [0.5, 0.6) is 17.2 Å². The molecule has 28 heavy (non-hydrogen) atoms. The van der Waals surface area contributed by atoms with Crippen LogP contribution in [0.25, 0.3) is 0 Å². The molecular weight excluding hydrogens is 356 g/mol. The highest BCUT2D eigenvalue weighted by atomic mass is 16.7. The molecule has 0 N–H and O–H groups in total. The molecule has 1 aliphatic carbocycles. The Bertz CT molecular complexity index is 884. The van der Waals surface area contributed by atoms with E-state index in [-0.39, 0.29) is 18.1 Å². The highest BCUT2D eigenvalue weighted by molar-refractivity contribution is 5.91. The topological polar surface area (TPSA) is 51.2 Å². The largest absolute Gasteiger partial charge is 0.497 e. The van der Waals surface area contributed by atoms with Crippen LogP contribution in [0.4, 0.5) is 5.69 Å². The Hall–Kier alpha value is -2.89. The number of fused-ring (bicyclic) bond motifs is 1. The summed E-state index contributed by atoms with van der Waals surface area (Å²) in [5.74, 6) is 2.62. The summed E-state index contributed by atoms with van der Waals surface area (Å²) in [6.07, 6.45) is 1.81. The molecule has 2 aliphatic heterocycles. The van der Waals surface area contributed by atoms with Gasteiger partial charge < -0.3 is 24.0 Å². The van der Waals surface area contributed by atoms with E-state index < -0.39 is 0 Å². The van der Waals surface area contributed by atoms with E-state index in [1.54, 1.807) is 7.11 Å². The number of amides is 1. The summed E-state index contributed by atoms with van der Waals surface area (Å²) < 4.78 is 16.1. The van der Waals surface area contributed by atoms with Gasteiger partial charge in [-0.3, -0.25) is 4.79 Å². The monoisotopic (exact) mass is 380 g/mol. The fraction of sp³-hybridized carbons (Fsp3) is 0.409. The quantitative estimate of drug-likeness (QED) is 0.816. The first kappa shape index (κ1) is 17.2. The number of hydrogen-bond acceptors (Lipinski definition) is 5. The molecule has 5 rings (SSSR count). The summed E-state index contributed by atoms with van der Waals surface area (Å²) >= 11 is 0. The minimum Gasteiger partial charge on any atom is -0.497 e. The van der Waals surface area contributed by atoms with Gasteiger partial charge in [-0.1, -0.05) is 6.07 Å². The second kappa shape index (κ2) is 6.62. The van der Waals surface area contributed by atoms with E-state index in [4.69, 9.17) is 14.2 Å². The van der Waals surface area contributed by atoms with Gasteiger partial charge in [-0.2, -0.15) is 0 Å². The maximum Gasteiger partial charge on any atom is 0.233 e. The van der Waals surface area contributed by atoms with Gasteiger partial charge >= 0.3 is 0 Å². The number of anilines is 1. The number of carbonyl (C=O) groups is 1. The van der Waals surface area contributed by atoms with E-state index >= 15 is 0 Å². The predicted molar refractivity (Wildman–Crippen MR) is 105 cm³/mol. The third-order valence-electron chi connectivity index (χ3n) is 6.09. The van der Waals surface area contributed by atoms with E-state index in [2.05, 4.69) is 17.0 Å². The van der Waals surface area contributed by atoms with E-state index in [9.17, 15) is 4.79 Å². The molecule has 1 amide bonds. The van der Waals surface area contributed by atoms with Crippen LogP contribution < -0.4 is 19.1 Å². The Kier molecular flexibility index (Phi) is 4.07. The average molecular weight is 380 g/mol. The van der Waals surface area contributed by atoms with Crippen LogP contribution in [-0.4, -0.2) is 50.9 Å². The Morgan fingerprint density at radius 1 is 0.964 bits per heavy atom. The van der Waals surface area contributed by atoms with E-state index in [1.807, 2.05) is 35.2 Å². The molecule has 0 unspecified atom stereocenters. The number of ether oxygens (including phenoxy) is 3. The number of carbonyl (C=O) groups excluding carboxylic acids is 1. The highest BCUT2D eigenvalue weighted by Crippen LogP contribution is 2.51. The summed E-state index contributed by atoms with van der Waals surface area (Å²) in [6.45, 7) is 3.44. The Labute approximate surface area is 164 Å². The van der Waals surface area contributed by atoms with Crippen molar-refractivity contribution < 1.29 is 19.0 Å². The number of hydrogen-bond donors (Lipinski definition) is 0. The number of methoxy groups -OCH3 is 1. The van der Waals surface area contributed by atoms with Crippen molar-refractivity contribution in [1.29, 1.82) is 0 Å². The SMILES string of the molecule is COc1ccc(N2CCN(C(=O)C3(c4ccc5c(c4)OCO5)CC3)CC2)cc1. The lowest BCUT2D eigenvalue weighted by atomic mass is 9.93. The first-order valence-corrected chi connectivity index (χ1v) is 9.78. The lowest BCUT2D eigenvalue weighted by Gasteiger charge is -2.38. The number of nitrogens with zero attached hydrogens (tertiary/aromatic N) is 2. The van der Waals surface area contributed by atoms with Gasteiger partial charge in [0.2, 0.25) is 12.7 Å². The molecule has 2 aromatic carbocycles. The van der Waals surface area contributed by atoms with Crippen molar-refractivity contribution >= 4 is 11.6 Å². The van der Waals surface area contributed by atoms with Gasteiger partial charge in [0, 0.05) is 31.9 Å². The molecule has 6 nitrogen and oxygen atoms in total. The van der Waals surface area contributed by atoms with Crippen molar-refractivity contribution in [2.24, 2.45) is 0 Å². The maximum atomic E-state index is 13.3. The first-order valence-electron chi connectivity index (χ1n) is 9.78. The van der Waals surface area contributed by atoms with Crippen LogP contribution in [0.15, 0.2) is 42.5 Å². The lowest BCUT2D eigenvalue weighted by Crippen LogP contribution is -2.51. The normalized spacial score (nSPS) is 19.5. The molecule has 0 radical (unpaired) electrons. The molecule has 2 heterocycles. The van der Waals surface area contributed by atoms with Crippen molar-refractivity contribution in [1.82, 2.24) is 4.90 Å². The van der Waals surface area contributed by atoms with Gasteiger partial charge in [-0.25, -0.2) is 0 Å². The fourth-order valence-corrected chi connectivity index (χ4v) is 4.21. The van der Waals surface area contributed by atoms with Gasteiger partial charge in [0.25, 0.3) is 0 Å². The number of benzene rings is 2. The van der Waals surface area contributed by atoms with Crippen LogP contribution >= 0.6 is 0 Å². The maximum absolute atomic E-state index is 13.3. The van der Waals surface area contributed by atoms with E-state index in [0.29, 0.717) is 0 Å². The minimum atomic E-state index is -0.372. The van der Waals surface area contributed by atoms with E-state index in [0.717, 1.165) is 61.8 Å². The molecule has 6 heteroatoms. The van der Waals surface area contributed by atoms with Gasteiger partial charge in [-0.15, -0.1) is 0 Å². The smallest absolute Gasteiger partial charge is 0.233 e. The molecule has 1 saturated carbocycles. The lowest BCUT2D eigenvalue weighted by molar-refractivity contribution is -0.134. The van der Waals surface area contributed by atoms with Gasteiger partial charge in [0.1, 0.15) is 5.75 Å². The molecule has 0 bridgehead atoms. The summed E-state index contributed by atoms with van der Waals surface area (Å²) in [7, 11) is 1.67. The van der Waals surface area contributed by atoms with Gasteiger partial charge in [-0.05, 0) is 54.8 Å². The van der Waals surface area contributed by atoms with Crippen LogP contribution in [0.3, 0.4) is 0 Å². The van der Waals surface area contributed by atoms with Crippen molar-refractivity contribution in [3.05, 3.63) is 48.0 Å². The van der Waals surface area contributed by atoms with Crippen LogP contribution in [0.2, 0.25) is 0 Å². The van der Waals surface area contributed by atoms with Crippen molar-refractivity contribution in [2.75, 3.05) is 45.0 Å². The molecule has 3 aliphatic rings. The molecule has 146 valence electrons. The Morgan fingerprint density at radius 3 is 2.36 bits per heavy atom. The second-order valence-electron chi connectivity index (χ2n) is 7.63. The number of rotatable bonds is 4. The van der Waals surface area contributed by atoms with Gasteiger partial charge in [0.05, 0.1) is 12.5 Å². The third kappa shape index (κ3) is 2.84. The summed E-state index contributed by atoms with van der Waals surface area (Å²) in [6, 6.07) is 14.0. The third-order valence-corrected chi connectivity index (χ3v) is 6.09. The van der Waals surface area contributed by atoms with Crippen molar-refractivity contribution in [3.8, 4) is 17.2 Å². The molecule has 2 fully saturated rings. The summed E-state index contributed by atoms with van der Waals surface area (Å²) in [4.78, 5) is 17.7. The zero-order chi connectivity index (χ0) is 19.1. The summed E-state index contributed by atoms with van der Waals surface area (Å²) in [5.41, 5.74) is 1.85. The standard InChI is InChI=1S/C22H24N2O4/c1-26-18-5-3-17(4-6-18)23-10-12-24(13-11-23)21(25)22(8-9-22)16-2-7-19-20(14-16)28-15-27-19/h2-7,14H,8-13,15H2,1H3. The van der Waals surface area contributed by atoms with Crippen LogP contribution in [0.1, 0.15) is 18.4 Å². The highest BCUT2D eigenvalue weighted by Gasteiger charge is 2.53. The van der Waals surface area contributed by atoms with Crippen LogP contribution in [-0.2, 0) is 10.2 Å². The molecule has 1 saturated heterocycles. The van der Waals surface area contributed by atoms with Crippen LogP contribution in [0, 0.1) is 0 Å². The molecule has 0 aromatic heterocycles. The predicted octanol–water partition coefficient (Wildman–Crippen LogP) is 2.80. The first-order chi connectivity index (χ1) is 13.7. The fourth-order valence-electron chi connectivity index (χ4n) is 4.21. The van der Waals surface area contributed by atoms with Crippen molar-refractivity contribution in [2.45, 2.75) is 18.3 Å². The molecule has 2 aromatic rings. The minimum absolute atomic E-state index is 0.251. The second-order valence-corrected chi connectivity index (χ2v) is 7.63. The Balaban J connectivity index is 1.26. The summed E-state index contributed by atoms with van der Waals surface area (Å²) in [5, 5.41) is 0. The Morgan fingerprint density at radius 2 is 1.68 bits per heavy atom. The van der Waals surface area contributed by atoms with E-state index in [1.165, 1.54) is 5.69 Å². The number of piperazine rings is 1. The zero-order valence-electron chi connectivity index (χ0n) is 16.0.